The number of likely N-dealkylation sites (tertiary alicyclic amines) is 1. The minimum absolute atomic E-state index is 0. The Morgan fingerprint density at radius 3 is 2.81 bits per heavy atom. The lowest BCUT2D eigenvalue weighted by molar-refractivity contribution is -0.133. The van der Waals surface area contributed by atoms with Gasteiger partial charge in [0.15, 0.2) is 11.8 Å². The third-order valence-electron chi connectivity index (χ3n) is 5.16. The fraction of sp³-hybridized carbons (Fsp3) is 0.778. The maximum Gasteiger partial charge on any atom is 0.225 e. The molecule has 1 saturated heterocycles. The molecule has 0 spiro atoms. The highest BCUT2D eigenvalue weighted by Gasteiger charge is 2.28. The van der Waals surface area contributed by atoms with Gasteiger partial charge in [-0.3, -0.25) is 9.79 Å². The third-order valence-corrected chi connectivity index (χ3v) is 5.16. The molecule has 2 aliphatic heterocycles. The molecule has 3 rings (SSSR count). The highest BCUT2D eigenvalue weighted by atomic mass is 127. The van der Waals surface area contributed by atoms with Gasteiger partial charge in [0.1, 0.15) is 5.82 Å². The zero-order valence-corrected chi connectivity index (χ0v) is 18.9. The van der Waals surface area contributed by atoms with Crippen LogP contribution in [0, 0.1) is 5.92 Å². The number of aliphatic imine (C=N–C) groups is 1. The van der Waals surface area contributed by atoms with E-state index in [2.05, 4.69) is 30.4 Å². The molecule has 9 heteroatoms. The van der Waals surface area contributed by atoms with Crippen molar-refractivity contribution in [1.29, 1.82) is 0 Å². The van der Waals surface area contributed by atoms with Crippen molar-refractivity contribution in [2.24, 2.45) is 10.9 Å². The second-order valence-corrected chi connectivity index (χ2v) is 7.49. The summed E-state index contributed by atoms with van der Waals surface area (Å²) >= 11 is 0. The Morgan fingerprint density at radius 2 is 2.07 bits per heavy atom. The van der Waals surface area contributed by atoms with E-state index in [1.807, 2.05) is 18.7 Å². The van der Waals surface area contributed by atoms with Crippen LogP contribution in [0.25, 0.3) is 0 Å². The SMILES string of the molecule is CN=C(NCc1nnc2n1CCCCC2)NC1CCN(C(=O)C(C)C)C1.I. The minimum atomic E-state index is 0. The van der Waals surface area contributed by atoms with Crippen LogP contribution in [-0.2, 0) is 24.3 Å². The van der Waals surface area contributed by atoms with E-state index < -0.39 is 0 Å². The number of rotatable bonds is 4. The summed E-state index contributed by atoms with van der Waals surface area (Å²) in [6.07, 6.45) is 5.60. The van der Waals surface area contributed by atoms with Crippen LogP contribution in [0.5, 0.6) is 0 Å². The lowest BCUT2D eigenvalue weighted by Crippen LogP contribution is -2.45. The number of nitrogens with zero attached hydrogens (tertiary/aromatic N) is 5. The zero-order chi connectivity index (χ0) is 18.5. The molecule has 2 N–H and O–H groups in total. The van der Waals surface area contributed by atoms with E-state index in [1.54, 1.807) is 7.05 Å². The summed E-state index contributed by atoms with van der Waals surface area (Å²) in [6.45, 7) is 7.05. The summed E-state index contributed by atoms with van der Waals surface area (Å²) in [7, 11) is 1.77. The van der Waals surface area contributed by atoms with Crippen LogP contribution >= 0.6 is 24.0 Å². The van der Waals surface area contributed by atoms with Gasteiger partial charge in [-0.05, 0) is 19.3 Å². The number of carbonyl (C=O) groups is 1. The average molecular weight is 489 g/mol. The van der Waals surface area contributed by atoms with Crippen molar-refractivity contribution in [3.8, 4) is 0 Å². The van der Waals surface area contributed by atoms with Crippen LogP contribution in [0.3, 0.4) is 0 Å². The quantitative estimate of drug-likeness (QED) is 0.381. The van der Waals surface area contributed by atoms with Gasteiger partial charge in [-0.15, -0.1) is 34.2 Å². The monoisotopic (exact) mass is 489 g/mol. The first-order chi connectivity index (χ1) is 12.6. The third kappa shape index (κ3) is 5.55. The van der Waals surface area contributed by atoms with Gasteiger partial charge >= 0.3 is 0 Å². The highest BCUT2D eigenvalue weighted by Crippen LogP contribution is 2.15. The molecule has 1 atom stereocenters. The fourth-order valence-corrected chi connectivity index (χ4v) is 3.67. The van der Waals surface area contributed by atoms with E-state index in [9.17, 15) is 4.79 Å². The van der Waals surface area contributed by atoms with Crippen molar-refractivity contribution in [2.45, 2.75) is 65.1 Å². The number of carbonyl (C=O) groups excluding carboxylic acids is 1. The van der Waals surface area contributed by atoms with Gasteiger partial charge in [-0.2, -0.15) is 0 Å². The van der Waals surface area contributed by atoms with Crippen LogP contribution in [-0.4, -0.2) is 57.7 Å². The second-order valence-electron chi connectivity index (χ2n) is 7.49. The Labute approximate surface area is 178 Å². The Balaban J connectivity index is 0.00000261. The number of aryl methyl sites for hydroxylation is 1. The number of nitrogens with one attached hydrogen (secondary N) is 2. The Morgan fingerprint density at radius 1 is 1.26 bits per heavy atom. The summed E-state index contributed by atoms with van der Waals surface area (Å²) in [6, 6.07) is 0.236. The maximum absolute atomic E-state index is 12.1. The Hall–Kier alpha value is -1.39. The van der Waals surface area contributed by atoms with Crippen molar-refractivity contribution >= 4 is 35.8 Å². The predicted octanol–water partition coefficient (Wildman–Crippen LogP) is 1.54. The molecule has 2 aliphatic rings. The summed E-state index contributed by atoms with van der Waals surface area (Å²) < 4.78 is 2.24. The zero-order valence-electron chi connectivity index (χ0n) is 16.6. The number of aromatic nitrogens is 3. The van der Waals surface area contributed by atoms with E-state index in [4.69, 9.17) is 0 Å². The average Bonchev–Trinajstić information content (AvgIpc) is 3.18. The van der Waals surface area contributed by atoms with Crippen LogP contribution in [0.1, 0.15) is 51.2 Å². The first-order valence-corrected chi connectivity index (χ1v) is 9.75. The molecule has 152 valence electrons. The smallest absolute Gasteiger partial charge is 0.225 e. The second kappa shape index (κ2) is 10.2. The normalized spacial score (nSPS) is 20.1. The number of halogens is 1. The molecular weight excluding hydrogens is 457 g/mol. The van der Waals surface area contributed by atoms with Gasteiger partial charge in [0, 0.05) is 45.1 Å². The number of amides is 1. The molecule has 1 aromatic rings. The molecule has 1 aromatic heterocycles. The van der Waals surface area contributed by atoms with E-state index in [0.717, 1.165) is 50.1 Å². The van der Waals surface area contributed by atoms with Gasteiger partial charge < -0.3 is 20.1 Å². The molecule has 1 unspecified atom stereocenters. The molecule has 1 amide bonds. The first-order valence-electron chi connectivity index (χ1n) is 9.75. The molecular formula is C18H32IN7O. The van der Waals surface area contributed by atoms with Gasteiger partial charge in [-0.25, -0.2) is 0 Å². The van der Waals surface area contributed by atoms with Crippen molar-refractivity contribution in [2.75, 3.05) is 20.1 Å². The van der Waals surface area contributed by atoms with Crippen LogP contribution in [0.2, 0.25) is 0 Å². The molecule has 0 aromatic carbocycles. The number of hydrogen-bond acceptors (Lipinski definition) is 4. The van der Waals surface area contributed by atoms with Crippen LogP contribution < -0.4 is 10.6 Å². The molecule has 1 fully saturated rings. The molecule has 0 saturated carbocycles. The van der Waals surface area contributed by atoms with Gasteiger partial charge in [0.2, 0.25) is 5.91 Å². The topological polar surface area (TPSA) is 87.4 Å². The largest absolute Gasteiger partial charge is 0.352 e. The molecule has 8 nitrogen and oxygen atoms in total. The standard InChI is InChI=1S/C18H31N7O.HI/c1-13(2)17(26)24-10-8-14(12-24)21-18(19-3)20-11-16-23-22-15-7-5-4-6-9-25(15)16;/h13-14H,4-12H2,1-3H3,(H2,19,20,21);1H. The van der Waals surface area contributed by atoms with Gasteiger partial charge in [0.05, 0.1) is 6.54 Å². The van der Waals surface area contributed by atoms with Crippen LogP contribution in [0.4, 0.5) is 0 Å². The Kier molecular flexibility index (Phi) is 8.30. The number of hydrogen-bond donors (Lipinski definition) is 2. The van der Waals surface area contributed by atoms with E-state index in [-0.39, 0.29) is 41.8 Å². The first kappa shape index (κ1) is 21.9. The number of fused-ring (bicyclic) bond motifs is 1. The summed E-state index contributed by atoms with van der Waals surface area (Å²) in [5.74, 6) is 3.09. The van der Waals surface area contributed by atoms with E-state index >= 15 is 0 Å². The van der Waals surface area contributed by atoms with Crippen LogP contribution in [0.15, 0.2) is 4.99 Å². The molecule has 0 bridgehead atoms. The van der Waals surface area contributed by atoms with Gasteiger partial charge in [-0.1, -0.05) is 20.3 Å². The summed E-state index contributed by atoms with van der Waals surface area (Å²) in [5.41, 5.74) is 0. The lowest BCUT2D eigenvalue weighted by Gasteiger charge is -2.20. The molecule has 0 aliphatic carbocycles. The maximum atomic E-state index is 12.1. The highest BCUT2D eigenvalue weighted by molar-refractivity contribution is 14.0. The van der Waals surface area contributed by atoms with Gasteiger partial charge in [0.25, 0.3) is 0 Å². The van der Waals surface area contributed by atoms with E-state index in [1.165, 1.54) is 19.3 Å². The number of guanidine groups is 1. The summed E-state index contributed by atoms with van der Waals surface area (Å²) in [4.78, 5) is 18.4. The summed E-state index contributed by atoms with van der Waals surface area (Å²) in [5, 5.41) is 15.5. The van der Waals surface area contributed by atoms with Crippen molar-refractivity contribution < 1.29 is 4.79 Å². The fourth-order valence-electron chi connectivity index (χ4n) is 3.67. The molecule has 0 radical (unpaired) electrons. The lowest BCUT2D eigenvalue weighted by atomic mass is 10.2. The Bertz CT molecular complexity index is 658. The minimum Gasteiger partial charge on any atom is -0.352 e. The van der Waals surface area contributed by atoms with E-state index in [0.29, 0.717) is 6.54 Å². The molecule has 27 heavy (non-hydrogen) atoms. The van der Waals surface area contributed by atoms with Crippen molar-refractivity contribution in [3.63, 3.8) is 0 Å². The molecule has 3 heterocycles. The van der Waals surface area contributed by atoms with Crippen molar-refractivity contribution in [3.05, 3.63) is 11.6 Å². The predicted molar refractivity (Wildman–Crippen MR) is 116 cm³/mol. The van der Waals surface area contributed by atoms with Crippen molar-refractivity contribution in [1.82, 2.24) is 30.3 Å².